The third-order valence-corrected chi connectivity index (χ3v) is 8.18. The summed E-state index contributed by atoms with van der Waals surface area (Å²) in [5.74, 6) is -2.17. The Morgan fingerprint density at radius 2 is 1.91 bits per heavy atom. The molecule has 0 aromatic heterocycles. The molecule has 3 amide bonds. The van der Waals surface area contributed by atoms with Crippen molar-refractivity contribution in [3.05, 3.63) is 0 Å². The van der Waals surface area contributed by atoms with Crippen LogP contribution in [0.5, 0.6) is 0 Å². The van der Waals surface area contributed by atoms with E-state index in [0.29, 0.717) is 13.0 Å². The lowest BCUT2D eigenvalue weighted by molar-refractivity contribution is -0.152. The summed E-state index contributed by atoms with van der Waals surface area (Å²) in [5, 5.41) is 16.3. The zero-order valence-electron chi connectivity index (χ0n) is 21.5. The van der Waals surface area contributed by atoms with E-state index in [1.807, 2.05) is 55.4 Å². The molecule has 0 radical (unpaired) electrons. The van der Waals surface area contributed by atoms with E-state index in [1.165, 1.54) is 0 Å². The molecule has 3 aliphatic heterocycles. The lowest BCUT2D eigenvalue weighted by Gasteiger charge is -2.40. The molecule has 0 aromatic rings. The van der Waals surface area contributed by atoms with Crippen molar-refractivity contribution in [1.82, 2.24) is 15.5 Å². The molecule has 0 saturated carbocycles. The van der Waals surface area contributed by atoms with Crippen molar-refractivity contribution >= 4 is 17.7 Å². The number of hydrogen-bond acceptors (Lipinski definition) is 5. The number of aliphatic hydroxyl groups excluding tert-OH is 1. The molecule has 3 saturated heterocycles. The first-order valence-corrected chi connectivity index (χ1v) is 12.5. The van der Waals surface area contributed by atoms with Crippen molar-refractivity contribution in [2.24, 2.45) is 23.7 Å². The topological polar surface area (TPSA) is 108 Å². The van der Waals surface area contributed by atoms with Crippen LogP contribution in [-0.2, 0) is 19.1 Å². The molecule has 3 unspecified atom stereocenters. The molecule has 3 N–H and O–H groups in total. The average molecular weight is 466 g/mol. The average Bonchev–Trinajstić information content (AvgIpc) is 3.22. The number of amides is 3. The first-order chi connectivity index (χ1) is 15.3. The van der Waals surface area contributed by atoms with Crippen LogP contribution in [-0.4, -0.2) is 69.7 Å². The second-order valence-corrected chi connectivity index (χ2v) is 11.6. The molecule has 188 valence electrons. The SMILES string of the molecule is CCCNC(=O)[C@H]1[C@H]2C(=O)N([C@@H](CO)[C@@H](C)CC)C(C(=O)NC(C)(C)C)C23CC(C)[C@]1(C)O3. The molecule has 33 heavy (non-hydrogen) atoms. The number of aliphatic hydroxyl groups is 1. The summed E-state index contributed by atoms with van der Waals surface area (Å²) in [6.45, 7) is 15.9. The van der Waals surface area contributed by atoms with Gasteiger partial charge in [-0.2, -0.15) is 0 Å². The maximum atomic E-state index is 14.1. The molecular weight excluding hydrogens is 422 g/mol. The Bertz CT molecular complexity index is 795. The van der Waals surface area contributed by atoms with Crippen LogP contribution in [0.3, 0.4) is 0 Å². The molecule has 3 aliphatic rings. The Morgan fingerprint density at radius 3 is 2.42 bits per heavy atom. The molecule has 0 aromatic carbocycles. The van der Waals surface area contributed by atoms with Crippen LogP contribution in [0.2, 0.25) is 0 Å². The van der Waals surface area contributed by atoms with Crippen LogP contribution in [0.4, 0.5) is 0 Å². The van der Waals surface area contributed by atoms with Gasteiger partial charge < -0.3 is 25.4 Å². The highest BCUT2D eigenvalue weighted by Crippen LogP contribution is 2.65. The van der Waals surface area contributed by atoms with Gasteiger partial charge in [0.1, 0.15) is 11.6 Å². The zero-order valence-corrected chi connectivity index (χ0v) is 21.5. The molecular formula is C25H43N3O5. The van der Waals surface area contributed by atoms with Gasteiger partial charge in [0.2, 0.25) is 17.7 Å². The van der Waals surface area contributed by atoms with Crippen molar-refractivity contribution in [1.29, 1.82) is 0 Å². The lowest BCUT2D eigenvalue weighted by atomic mass is 9.62. The Hall–Kier alpha value is -1.67. The van der Waals surface area contributed by atoms with Crippen LogP contribution >= 0.6 is 0 Å². The summed E-state index contributed by atoms with van der Waals surface area (Å²) in [4.78, 5) is 42.8. The first-order valence-electron chi connectivity index (χ1n) is 12.5. The fourth-order valence-electron chi connectivity index (χ4n) is 6.34. The van der Waals surface area contributed by atoms with E-state index in [2.05, 4.69) is 10.6 Å². The molecule has 2 bridgehead atoms. The van der Waals surface area contributed by atoms with Crippen LogP contribution in [0.25, 0.3) is 0 Å². The third-order valence-electron chi connectivity index (χ3n) is 8.18. The van der Waals surface area contributed by atoms with Gasteiger partial charge in [-0.15, -0.1) is 0 Å². The van der Waals surface area contributed by atoms with E-state index >= 15 is 0 Å². The number of nitrogens with zero attached hydrogens (tertiary/aromatic N) is 1. The molecule has 3 heterocycles. The standard InChI is InChI=1S/C25H43N3O5/c1-9-11-26-20(30)17-18-22(32)28(16(13-29)14(3)10-2)19(21(31)27-23(5,6)7)25(18)12-15(4)24(17,8)33-25/h14-19,29H,9-13H2,1-8H3,(H,26,30)(H,27,31)/t14-,15?,16-,17+,18-,19?,24-,25?/m0/s1. The summed E-state index contributed by atoms with van der Waals surface area (Å²) in [7, 11) is 0. The summed E-state index contributed by atoms with van der Waals surface area (Å²) < 4.78 is 6.69. The Morgan fingerprint density at radius 1 is 1.27 bits per heavy atom. The molecule has 3 rings (SSSR count). The van der Waals surface area contributed by atoms with Gasteiger partial charge in [-0.1, -0.05) is 34.1 Å². The fraction of sp³-hybridized carbons (Fsp3) is 0.880. The van der Waals surface area contributed by atoms with Gasteiger partial charge in [0.25, 0.3) is 0 Å². The van der Waals surface area contributed by atoms with Crippen molar-refractivity contribution < 1.29 is 24.2 Å². The number of nitrogens with one attached hydrogen (secondary N) is 2. The van der Waals surface area contributed by atoms with Crippen molar-refractivity contribution in [2.45, 2.75) is 103 Å². The maximum absolute atomic E-state index is 14.1. The smallest absolute Gasteiger partial charge is 0.246 e. The second kappa shape index (κ2) is 8.84. The van der Waals surface area contributed by atoms with E-state index in [-0.39, 0.29) is 36.2 Å². The largest absolute Gasteiger partial charge is 0.394 e. The maximum Gasteiger partial charge on any atom is 0.246 e. The number of carbonyl (C=O) groups excluding carboxylic acids is 3. The minimum atomic E-state index is -1.09. The Labute approximate surface area is 198 Å². The van der Waals surface area contributed by atoms with Crippen molar-refractivity contribution in [3.63, 3.8) is 0 Å². The molecule has 8 atom stereocenters. The minimum Gasteiger partial charge on any atom is -0.394 e. The van der Waals surface area contributed by atoms with Gasteiger partial charge >= 0.3 is 0 Å². The summed E-state index contributed by atoms with van der Waals surface area (Å²) >= 11 is 0. The summed E-state index contributed by atoms with van der Waals surface area (Å²) in [5.41, 5.74) is -2.42. The highest BCUT2D eigenvalue weighted by molar-refractivity contribution is 5.99. The fourth-order valence-corrected chi connectivity index (χ4v) is 6.34. The zero-order chi connectivity index (χ0) is 24.9. The second-order valence-electron chi connectivity index (χ2n) is 11.6. The van der Waals surface area contributed by atoms with Crippen molar-refractivity contribution in [2.75, 3.05) is 13.2 Å². The van der Waals surface area contributed by atoms with E-state index in [9.17, 15) is 19.5 Å². The molecule has 8 nitrogen and oxygen atoms in total. The van der Waals surface area contributed by atoms with Crippen LogP contribution < -0.4 is 10.6 Å². The number of ether oxygens (including phenoxy) is 1. The molecule has 1 spiro atoms. The minimum absolute atomic E-state index is 0.0000107. The lowest BCUT2D eigenvalue weighted by Crippen LogP contribution is -2.61. The van der Waals surface area contributed by atoms with E-state index in [1.54, 1.807) is 4.90 Å². The quantitative estimate of drug-likeness (QED) is 0.507. The normalized spacial score (nSPS) is 37.1. The number of carbonyl (C=O) groups is 3. The molecule has 8 heteroatoms. The predicted octanol–water partition coefficient (Wildman–Crippen LogP) is 1.85. The Kier molecular flexibility index (Phi) is 6.95. The predicted molar refractivity (Wildman–Crippen MR) is 125 cm³/mol. The van der Waals surface area contributed by atoms with Gasteiger partial charge in [0.15, 0.2) is 0 Å². The van der Waals surface area contributed by atoms with Crippen LogP contribution in [0, 0.1) is 23.7 Å². The highest BCUT2D eigenvalue weighted by atomic mass is 16.5. The van der Waals surface area contributed by atoms with E-state index < -0.39 is 40.7 Å². The molecule has 0 aliphatic carbocycles. The molecule has 3 fully saturated rings. The Balaban J connectivity index is 2.14. The van der Waals surface area contributed by atoms with E-state index in [0.717, 1.165) is 12.8 Å². The van der Waals surface area contributed by atoms with Gasteiger partial charge in [0, 0.05) is 12.1 Å². The summed E-state index contributed by atoms with van der Waals surface area (Å²) in [6.07, 6.45) is 2.06. The number of fused-ring (bicyclic) bond motifs is 1. The van der Waals surface area contributed by atoms with Gasteiger partial charge in [0.05, 0.1) is 30.1 Å². The van der Waals surface area contributed by atoms with Gasteiger partial charge in [-0.25, -0.2) is 0 Å². The monoisotopic (exact) mass is 465 g/mol. The summed E-state index contributed by atoms with van der Waals surface area (Å²) in [6, 6.07) is -1.42. The van der Waals surface area contributed by atoms with Crippen LogP contribution in [0.15, 0.2) is 0 Å². The number of rotatable bonds is 8. The highest BCUT2D eigenvalue weighted by Gasteiger charge is 2.80. The number of hydrogen-bond donors (Lipinski definition) is 3. The number of likely N-dealkylation sites (tertiary alicyclic amines) is 1. The first kappa shape index (κ1) is 25.9. The third kappa shape index (κ3) is 3.97. The van der Waals surface area contributed by atoms with E-state index in [4.69, 9.17) is 4.74 Å². The van der Waals surface area contributed by atoms with Gasteiger partial charge in [-0.3, -0.25) is 14.4 Å². The van der Waals surface area contributed by atoms with Gasteiger partial charge in [-0.05, 0) is 52.4 Å². The van der Waals surface area contributed by atoms with Crippen molar-refractivity contribution in [3.8, 4) is 0 Å². The van der Waals surface area contributed by atoms with Crippen LogP contribution in [0.1, 0.15) is 74.7 Å².